The first-order valence-corrected chi connectivity index (χ1v) is 11.1. The van der Waals surface area contributed by atoms with Crippen LogP contribution in [0.4, 0.5) is 0 Å². The zero-order valence-corrected chi connectivity index (χ0v) is 15.7. The van der Waals surface area contributed by atoms with Crippen molar-refractivity contribution in [2.24, 2.45) is 11.8 Å². The fraction of sp³-hybridized carbons (Fsp3) is 0.684. The summed E-state index contributed by atoms with van der Waals surface area (Å²) in [5.74, 6) is 0.924. The van der Waals surface area contributed by atoms with Gasteiger partial charge in [0, 0.05) is 5.92 Å². The standard InChI is InChI=1S/C19H34OSi/c1-9-13-17-16(10-2)14-12-15-19(17,11-3)20-21(7,8)18(4,5)6/h9-11,16-17H,1-3,12-15H2,4-8H3/t16-,17+,19-/m0/s1. The van der Waals surface area contributed by atoms with Gasteiger partial charge in [-0.25, -0.2) is 0 Å². The molecule has 21 heavy (non-hydrogen) atoms. The van der Waals surface area contributed by atoms with E-state index in [1.807, 2.05) is 6.08 Å². The third-order valence-corrected chi connectivity index (χ3v) is 10.1. The van der Waals surface area contributed by atoms with Gasteiger partial charge in [0.05, 0.1) is 5.60 Å². The van der Waals surface area contributed by atoms with Crippen molar-refractivity contribution in [2.75, 3.05) is 0 Å². The van der Waals surface area contributed by atoms with Crippen molar-refractivity contribution in [2.45, 2.75) is 70.2 Å². The molecule has 1 aliphatic carbocycles. The maximum atomic E-state index is 6.90. The highest BCUT2D eigenvalue weighted by atomic mass is 28.4. The molecule has 1 rings (SSSR count). The summed E-state index contributed by atoms with van der Waals surface area (Å²) in [6.45, 7) is 23.7. The van der Waals surface area contributed by atoms with Crippen LogP contribution in [-0.4, -0.2) is 13.9 Å². The van der Waals surface area contributed by atoms with Gasteiger partial charge in [0.15, 0.2) is 8.32 Å². The van der Waals surface area contributed by atoms with Crippen molar-refractivity contribution in [1.29, 1.82) is 0 Å². The quantitative estimate of drug-likeness (QED) is 0.425. The molecule has 0 N–H and O–H groups in total. The number of hydrogen-bond acceptors (Lipinski definition) is 1. The average Bonchev–Trinajstić information content (AvgIpc) is 2.39. The summed E-state index contributed by atoms with van der Waals surface area (Å²) in [5, 5.41) is 0.211. The smallest absolute Gasteiger partial charge is 0.193 e. The Morgan fingerprint density at radius 1 is 1.24 bits per heavy atom. The normalized spacial score (nSPS) is 30.7. The molecule has 1 aliphatic rings. The van der Waals surface area contributed by atoms with Crippen molar-refractivity contribution in [3.63, 3.8) is 0 Å². The summed E-state index contributed by atoms with van der Waals surface area (Å²) in [4.78, 5) is 0. The fourth-order valence-corrected chi connectivity index (χ4v) is 4.84. The van der Waals surface area contributed by atoms with Gasteiger partial charge < -0.3 is 4.43 Å². The van der Waals surface area contributed by atoms with Crippen molar-refractivity contribution in [3.05, 3.63) is 38.0 Å². The Hall–Kier alpha value is -0.603. The molecule has 0 unspecified atom stereocenters. The van der Waals surface area contributed by atoms with E-state index in [9.17, 15) is 0 Å². The van der Waals surface area contributed by atoms with Crippen LogP contribution in [0.25, 0.3) is 0 Å². The second-order valence-electron chi connectivity index (χ2n) is 7.94. The first-order chi connectivity index (χ1) is 9.63. The Balaban J connectivity index is 3.18. The molecule has 0 bridgehead atoms. The van der Waals surface area contributed by atoms with Crippen LogP contribution < -0.4 is 0 Å². The summed E-state index contributed by atoms with van der Waals surface area (Å²) in [7, 11) is -1.84. The third-order valence-electron chi connectivity index (χ3n) is 5.57. The van der Waals surface area contributed by atoms with E-state index < -0.39 is 8.32 Å². The molecule has 0 amide bonds. The summed E-state index contributed by atoms with van der Waals surface area (Å²) < 4.78 is 6.90. The molecule has 0 heterocycles. The van der Waals surface area contributed by atoms with E-state index in [2.05, 4.69) is 65.8 Å². The number of allylic oxidation sites excluding steroid dienone is 2. The fourth-order valence-electron chi connectivity index (χ4n) is 3.25. The van der Waals surface area contributed by atoms with E-state index in [-0.39, 0.29) is 10.6 Å². The minimum absolute atomic E-state index is 0.211. The molecule has 1 fully saturated rings. The van der Waals surface area contributed by atoms with E-state index in [0.29, 0.717) is 11.8 Å². The maximum Gasteiger partial charge on any atom is 0.193 e. The largest absolute Gasteiger partial charge is 0.408 e. The number of hydrogen-bond donors (Lipinski definition) is 0. The molecule has 0 aromatic rings. The summed E-state index contributed by atoms with van der Waals surface area (Å²) in [5.41, 5.74) is -0.214. The molecule has 0 radical (unpaired) electrons. The minimum Gasteiger partial charge on any atom is -0.408 e. The minimum atomic E-state index is -1.84. The van der Waals surface area contributed by atoms with Crippen molar-refractivity contribution < 1.29 is 4.43 Å². The predicted octanol–water partition coefficient (Wildman–Crippen LogP) is 6.11. The van der Waals surface area contributed by atoms with E-state index >= 15 is 0 Å². The highest BCUT2D eigenvalue weighted by Crippen LogP contribution is 2.48. The molecule has 1 nitrogen and oxygen atoms in total. The van der Waals surface area contributed by atoms with Crippen molar-refractivity contribution in [1.82, 2.24) is 0 Å². The second-order valence-corrected chi connectivity index (χ2v) is 12.7. The van der Waals surface area contributed by atoms with Crippen molar-refractivity contribution >= 4 is 8.32 Å². The molecule has 0 saturated heterocycles. The van der Waals surface area contributed by atoms with Gasteiger partial charge in [0.1, 0.15) is 0 Å². The molecule has 2 heteroatoms. The highest BCUT2D eigenvalue weighted by molar-refractivity contribution is 6.74. The monoisotopic (exact) mass is 306 g/mol. The lowest BCUT2D eigenvalue weighted by molar-refractivity contribution is -0.0105. The van der Waals surface area contributed by atoms with Gasteiger partial charge in [-0.2, -0.15) is 0 Å². The molecule has 0 aliphatic heterocycles. The average molecular weight is 307 g/mol. The Kier molecular flexibility index (Phi) is 5.85. The molecular formula is C19H34OSi. The Morgan fingerprint density at radius 3 is 2.29 bits per heavy atom. The summed E-state index contributed by atoms with van der Waals surface area (Å²) in [6, 6.07) is 0. The predicted molar refractivity (Wildman–Crippen MR) is 97.1 cm³/mol. The van der Waals surface area contributed by atoms with Crippen molar-refractivity contribution in [3.8, 4) is 0 Å². The van der Waals surface area contributed by atoms with Gasteiger partial charge in [-0.15, -0.1) is 19.7 Å². The first kappa shape index (κ1) is 18.4. The zero-order chi connectivity index (χ0) is 16.3. The topological polar surface area (TPSA) is 9.23 Å². The van der Waals surface area contributed by atoms with Crippen LogP contribution in [-0.2, 0) is 4.43 Å². The van der Waals surface area contributed by atoms with Gasteiger partial charge in [-0.3, -0.25) is 0 Å². The van der Waals surface area contributed by atoms with Gasteiger partial charge in [-0.05, 0) is 49.7 Å². The van der Waals surface area contributed by atoms with Crippen LogP contribution in [0, 0.1) is 11.8 Å². The second kappa shape index (κ2) is 6.66. The van der Waals surface area contributed by atoms with E-state index in [4.69, 9.17) is 4.43 Å². The molecule has 120 valence electrons. The molecule has 0 spiro atoms. The van der Waals surface area contributed by atoms with Crippen LogP contribution in [0.5, 0.6) is 0 Å². The summed E-state index contributed by atoms with van der Waals surface area (Å²) >= 11 is 0. The Bertz CT molecular complexity index is 391. The van der Waals surface area contributed by atoms with E-state index in [1.165, 1.54) is 12.8 Å². The van der Waals surface area contributed by atoms with Gasteiger partial charge >= 0.3 is 0 Å². The van der Waals surface area contributed by atoms with Crippen LogP contribution in [0.15, 0.2) is 38.0 Å². The third kappa shape index (κ3) is 3.78. The SMILES string of the molecule is C=CC[C@@H]1[C@@H](C=C)CCC[C@]1(C=C)O[Si](C)(C)C(C)(C)C. The van der Waals surface area contributed by atoms with E-state index in [0.717, 1.165) is 12.8 Å². The van der Waals surface area contributed by atoms with Gasteiger partial charge in [0.2, 0.25) is 0 Å². The van der Waals surface area contributed by atoms with Gasteiger partial charge in [0.25, 0.3) is 0 Å². The van der Waals surface area contributed by atoms with Crippen LogP contribution in [0.2, 0.25) is 18.1 Å². The van der Waals surface area contributed by atoms with Crippen LogP contribution in [0.3, 0.4) is 0 Å². The number of rotatable bonds is 6. The van der Waals surface area contributed by atoms with Crippen LogP contribution >= 0.6 is 0 Å². The highest BCUT2D eigenvalue weighted by Gasteiger charge is 2.49. The lowest BCUT2D eigenvalue weighted by Crippen LogP contribution is -2.54. The molecule has 0 aromatic heterocycles. The Morgan fingerprint density at radius 2 is 1.86 bits per heavy atom. The Labute approximate surface area is 133 Å². The lowest BCUT2D eigenvalue weighted by atomic mass is 9.67. The molecule has 0 aromatic carbocycles. The van der Waals surface area contributed by atoms with Crippen LogP contribution in [0.1, 0.15) is 46.5 Å². The first-order valence-electron chi connectivity index (χ1n) is 8.21. The van der Waals surface area contributed by atoms with Gasteiger partial charge in [-0.1, -0.05) is 39.0 Å². The maximum absolute atomic E-state index is 6.90. The molecule has 1 saturated carbocycles. The zero-order valence-electron chi connectivity index (χ0n) is 14.7. The van der Waals surface area contributed by atoms with E-state index in [1.54, 1.807) is 0 Å². The lowest BCUT2D eigenvalue weighted by Gasteiger charge is -2.51. The molecular weight excluding hydrogens is 272 g/mol. The molecule has 3 atom stereocenters. The summed E-state index contributed by atoms with van der Waals surface area (Å²) in [6.07, 6.45) is 10.7.